The molecule has 2 aromatic heterocycles. The van der Waals surface area contributed by atoms with Crippen molar-refractivity contribution in [2.75, 3.05) is 0 Å². The van der Waals surface area contributed by atoms with Gasteiger partial charge in [0.1, 0.15) is 17.5 Å². The number of rotatable bonds is 9. The summed E-state index contributed by atoms with van der Waals surface area (Å²) in [7, 11) is 0. The molecule has 0 amide bonds. The van der Waals surface area contributed by atoms with Crippen LogP contribution in [-0.4, -0.2) is 27.1 Å². The molecular weight excluding hydrogens is 404 g/mol. The standard InChI is InChI=1S/C26H30N2O4/c1-17-12-14-19(15-13-17)22-23-25(31-18(2)8-6-7-11-21(29)30)27-16-28-26(23)32-24(22)20-9-4-3-5-10-20/h3-5,9-10,14,16-18H,6-8,11-13,15H2,1-2H3,(H,29,30)/t17?,18-/m1/s1. The predicted molar refractivity (Wildman–Crippen MR) is 124 cm³/mol. The van der Waals surface area contributed by atoms with E-state index in [9.17, 15) is 4.79 Å². The summed E-state index contributed by atoms with van der Waals surface area (Å²) in [5.74, 6) is 1.25. The van der Waals surface area contributed by atoms with E-state index in [0.29, 0.717) is 23.9 Å². The van der Waals surface area contributed by atoms with Gasteiger partial charge in [-0.15, -0.1) is 0 Å². The van der Waals surface area contributed by atoms with Crippen molar-refractivity contribution in [3.63, 3.8) is 0 Å². The number of fused-ring (bicyclic) bond motifs is 1. The lowest BCUT2D eigenvalue weighted by atomic mass is 9.86. The van der Waals surface area contributed by atoms with Gasteiger partial charge in [-0.3, -0.25) is 4.79 Å². The first kappa shape index (κ1) is 22.1. The van der Waals surface area contributed by atoms with Gasteiger partial charge in [-0.25, -0.2) is 9.97 Å². The molecule has 0 radical (unpaired) electrons. The molecule has 0 fully saturated rings. The molecule has 0 aliphatic heterocycles. The summed E-state index contributed by atoms with van der Waals surface area (Å²) >= 11 is 0. The molecule has 1 aliphatic rings. The van der Waals surface area contributed by atoms with E-state index in [4.69, 9.17) is 14.3 Å². The van der Waals surface area contributed by atoms with Crippen molar-refractivity contribution in [1.82, 2.24) is 9.97 Å². The lowest BCUT2D eigenvalue weighted by molar-refractivity contribution is -0.137. The minimum Gasteiger partial charge on any atom is -0.481 e. The molecule has 0 bridgehead atoms. The second-order valence-electron chi connectivity index (χ2n) is 8.71. The zero-order valence-electron chi connectivity index (χ0n) is 18.7. The lowest BCUT2D eigenvalue weighted by Crippen LogP contribution is -2.13. The van der Waals surface area contributed by atoms with Gasteiger partial charge in [0.05, 0.1) is 6.10 Å². The molecule has 1 unspecified atom stereocenters. The SMILES string of the molecule is CC1CC=C(c2c(-c3ccccc3)oc3ncnc(O[C@H](C)CCCCC(=O)O)c23)CC1. The predicted octanol–water partition coefficient (Wildman–Crippen LogP) is 6.51. The minimum absolute atomic E-state index is 0.0924. The van der Waals surface area contributed by atoms with Crippen LogP contribution in [0.5, 0.6) is 5.88 Å². The Balaban J connectivity index is 1.70. The van der Waals surface area contributed by atoms with E-state index < -0.39 is 5.97 Å². The fraction of sp³-hybridized carbons (Fsp3) is 0.423. The molecule has 0 saturated carbocycles. The maximum Gasteiger partial charge on any atom is 0.303 e. The highest BCUT2D eigenvalue weighted by atomic mass is 16.5. The fourth-order valence-electron chi connectivity index (χ4n) is 4.25. The minimum atomic E-state index is -0.761. The highest BCUT2D eigenvalue weighted by Crippen LogP contribution is 2.44. The number of benzene rings is 1. The van der Waals surface area contributed by atoms with E-state index in [1.165, 1.54) is 11.9 Å². The third-order valence-corrected chi connectivity index (χ3v) is 6.05. The molecular formula is C26H30N2O4. The molecule has 0 saturated heterocycles. The Labute approximate surface area is 188 Å². The van der Waals surface area contributed by atoms with Crippen molar-refractivity contribution < 1.29 is 19.1 Å². The maximum absolute atomic E-state index is 10.7. The van der Waals surface area contributed by atoms with E-state index in [-0.39, 0.29) is 12.5 Å². The Morgan fingerprint density at radius 3 is 2.78 bits per heavy atom. The Hall–Kier alpha value is -3.15. The molecule has 3 aromatic rings. The molecule has 32 heavy (non-hydrogen) atoms. The van der Waals surface area contributed by atoms with Crippen LogP contribution in [0.4, 0.5) is 0 Å². The molecule has 2 atom stereocenters. The molecule has 6 nitrogen and oxygen atoms in total. The number of hydrogen-bond donors (Lipinski definition) is 1. The first-order chi connectivity index (χ1) is 15.5. The normalized spacial score (nSPS) is 17.2. The van der Waals surface area contributed by atoms with Crippen molar-refractivity contribution >= 4 is 22.6 Å². The quantitative estimate of drug-likeness (QED) is 0.387. The van der Waals surface area contributed by atoms with Gasteiger partial charge in [-0.2, -0.15) is 0 Å². The summed E-state index contributed by atoms with van der Waals surface area (Å²) in [5, 5.41) is 9.66. The first-order valence-corrected chi connectivity index (χ1v) is 11.4. The number of unbranched alkanes of at least 4 members (excludes halogenated alkanes) is 1. The van der Waals surface area contributed by atoms with E-state index in [1.54, 1.807) is 0 Å². The number of hydrogen-bond acceptors (Lipinski definition) is 5. The van der Waals surface area contributed by atoms with Gasteiger partial charge in [0.15, 0.2) is 0 Å². The zero-order chi connectivity index (χ0) is 22.5. The van der Waals surface area contributed by atoms with Gasteiger partial charge in [-0.1, -0.05) is 43.3 Å². The second-order valence-corrected chi connectivity index (χ2v) is 8.71. The van der Waals surface area contributed by atoms with Gasteiger partial charge in [0.25, 0.3) is 0 Å². The van der Waals surface area contributed by atoms with Gasteiger partial charge >= 0.3 is 5.97 Å². The first-order valence-electron chi connectivity index (χ1n) is 11.4. The summed E-state index contributed by atoms with van der Waals surface area (Å²) in [6.45, 7) is 4.27. The number of aliphatic carboxylic acids is 1. The summed E-state index contributed by atoms with van der Waals surface area (Å²) in [4.78, 5) is 19.6. The average Bonchev–Trinajstić information content (AvgIpc) is 3.18. The van der Waals surface area contributed by atoms with E-state index >= 15 is 0 Å². The van der Waals surface area contributed by atoms with Crippen LogP contribution >= 0.6 is 0 Å². The largest absolute Gasteiger partial charge is 0.481 e. The Bertz CT molecular complexity index is 1100. The van der Waals surface area contributed by atoms with Crippen LogP contribution in [0.1, 0.15) is 64.4 Å². The van der Waals surface area contributed by atoms with Crippen LogP contribution in [0.3, 0.4) is 0 Å². The summed E-state index contributed by atoms with van der Waals surface area (Å²) in [6, 6.07) is 10.1. The average molecular weight is 435 g/mol. The van der Waals surface area contributed by atoms with Crippen LogP contribution in [-0.2, 0) is 4.79 Å². The van der Waals surface area contributed by atoms with Gasteiger partial charge in [0, 0.05) is 17.5 Å². The summed E-state index contributed by atoms with van der Waals surface area (Å²) in [6.07, 6.45) is 9.24. The Morgan fingerprint density at radius 1 is 1.25 bits per heavy atom. The number of furan rings is 1. The number of allylic oxidation sites excluding steroid dienone is 2. The molecule has 168 valence electrons. The third kappa shape index (κ3) is 5.01. The number of carboxylic acids is 1. The van der Waals surface area contributed by atoms with Crippen molar-refractivity contribution in [3.8, 4) is 17.2 Å². The molecule has 1 aliphatic carbocycles. The van der Waals surface area contributed by atoms with Gasteiger partial charge in [0.2, 0.25) is 11.6 Å². The van der Waals surface area contributed by atoms with Crippen LogP contribution in [0.2, 0.25) is 0 Å². The smallest absolute Gasteiger partial charge is 0.303 e. The number of nitrogens with zero attached hydrogens (tertiary/aromatic N) is 2. The number of aromatic nitrogens is 2. The van der Waals surface area contributed by atoms with Crippen molar-refractivity contribution in [2.24, 2.45) is 5.92 Å². The van der Waals surface area contributed by atoms with Gasteiger partial charge in [-0.05, 0) is 56.9 Å². The molecule has 2 heterocycles. The number of carbonyl (C=O) groups is 1. The highest BCUT2D eigenvalue weighted by Gasteiger charge is 2.26. The second kappa shape index (κ2) is 9.98. The lowest BCUT2D eigenvalue weighted by Gasteiger charge is -2.19. The Morgan fingerprint density at radius 2 is 2.06 bits per heavy atom. The number of carboxylic acid groups (broad SMARTS) is 1. The molecule has 6 heteroatoms. The van der Waals surface area contributed by atoms with Crippen LogP contribution in [0, 0.1) is 5.92 Å². The number of ether oxygens (including phenoxy) is 1. The zero-order valence-corrected chi connectivity index (χ0v) is 18.7. The third-order valence-electron chi connectivity index (χ3n) is 6.05. The van der Waals surface area contributed by atoms with Gasteiger partial charge < -0.3 is 14.3 Å². The van der Waals surface area contributed by atoms with Crippen LogP contribution in [0.15, 0.2) is 47.2 Å². The summed E-state index contributed by atoms with van der Waals surface area (Å²) < 4.78 is 12.5. The monoisotopic (exact) mass is 434 g/mol. The van der Waals surface area contributed by atoms with E-state index in [2.05, 4.69) is 23.0 Å². The Kier molecular flexibility index (Phi) is 6.88. The topological polar surface area (TPSA) is 85.5 Å². The molecule has 4 rings (SSSR count). The van der Waals surface area contributed by atoms with Crippen LogP contribution in [0.25, 0.3) is 28.0 Å². The van der Waals surface area contributed by atoms with Crippen molar-refractivity contribution in [1.29, 1.82) is 0 Å². The van der Waals surface area contributed by atoms with Crippen molar-refractivity contribution in [2.45, 2.75) is 64.9 Å². The molecule has 0 spiro atoms. The molecule has 1 aromatic carbocycles. The van der Waals surface area contributed by atoms with Crippen LogP contribution < -0.4 is 4.74 Å². The van der Waals surface area contributed by atoms with E-state index in [0.717, 1.165) is 54.4 Å². The van der Waals surface area contributed by atoms with Crippen molar-refractivity contribution in [3.05, 3.63) is 48.3 Å². The highest BCUT2D eigenvalue weighted by molar-refractivity contribution is 5.99. The van der Waals surface area contributed by atoms with E-state index in [1.807, 2.05) is 37.3 Å². The fourth-order valence-corrected chi connectivity index (χ4v) is 4.25. The summed E-state index contributed by atoms with van der Waals surface area (Å²) in [5.41, 5.74) is 3.83. The maximum atomic E-state index is 10.7. The molecule has 1 N–H and O–H groups in total.